The first-order valence-corrected chi connectivity index (χ1v) is 5.99. The van der Waals surface area contributed by atoms with Crippen molar-refractivity contribution in [1.82, 2.24) is 15.5 Å². The Balaban J connectivity index is 2.03. The van der Waals surface area contributed by atoms with Gasteiger partial charge in [-0.3, -0.25) is 9.89 Å². The monoisotopic (exact) mass is 251 g/mol. The number of carboxylic acids is 1. The van der Waals surface area contributed by atoms with Crippen LogP contribution in [-0.2, 0) is 16.0 Å². The Kier molecular flexibility index (Phi) is 3.11. The molecule has 1 amide bonds. The normalized spacial score (nSPS) is 17.0. The predicted octanol–water partition coefficient (Wildman–Crippen LogP) is 0.693. The molecule has 0 radical (unpaired) electrons. The highest BCUT2D eigenvalue weighted by atomic mass is 16.4. The first-order chi connectivity index (χ1) is 8.44. The van der Waals surface area contributed by atoms with Crippen LogP contribution in [0.2, 0.25) is 0 Å². The van der Waals surface area contributed by atoms with Gasteiger partial charge in [0, 0.05) is 11.3 Å². The van der Waals surface area contributed by atoms with E-state index in [1.165, 1.54) is 0 Å². The molecule has 1 aromatic heterocycles. The van der Waals surface area contributed by atoms with Gasteiger partial charge >= 0.3 is 5.97 Å². The number of hydrogen-bond acceptors (Lipinski definition) is 3. The van der Waals surface area contributed by atoms with Gasteiger partial charge in [-0.2, -0.15) is 5.10 Å². The van der Waals surface area contributed by atoms with Crippen LogP contribution in [0.4, 0.5) is 0 Å². The maximum absolute atomic E-state index is 11.9. The molecule has 2 rings (SSSR count). The zero-order chi connectivity index (χ0) is 13.3. The third-order valence-electron chi connectivity index (χ3n) is 3.61. The largest absolute Gasteiger partial charge is 0.480 e. The fourth-order valence-electron chi connectivity index (χ4n) is 2.23. The maximum Gasteiger partial charge on any atom is 0.329 e. The summed E-state index contributed by atoms with van der Waals surface area (Å²) in [4.78, 5) is 23.1. The number of aryl methyl sites for hydroxylation is 2. The zero-order valence-electron chi connectivity index (χ0n) is 10.5. The standard InChI is InChI=1S/C12H17N3O3/c1-7-9(8(2)15-14-7)6-10(16)13-12(11(17)18)4-3-5-12/h3-6H2,1-2H3,(H,13,16)(H,14,15)(H,17,18). The second-order valence-corrected chi connectivity index (χ2v) is 4.88. The molecule has 1 heterocycles. The first kappa shape index (κ1) is 12.6. The third-order valence-corrected chi connectivity index (χ3v) is 3.61. The molecule has 1 aliphatic carbocycles. The van der Waals surface area contributed by atoms with Crippen molar-refractivity contribution in [2.45, 2.75) is 45.1 Å². The molecule has 1 fully saturated rings. The van der Waals surface area contributed by atoms with Crippen molar-refractivity contribution in [2.75, 3.05) is 0 Å². The van der Waals surface area contributed by atoms with E-state index in [0.717, 1.165) is 23.4 Å². The van der Waals surface area contributed by atoms with Gasteiger partial charge in [-0.05, 0) is 33.1 Å². The Labute approximate surface area is 105 Å². The minimum Gasteiger partial charge on any atom is -0.480 e. The lowest BCUT2D eigenvalue weighted by Crippen LogP contribution is -2.59. The van der Waals surface area contributed by atoms with Crippen LogP contribution in [0.15, 0.2) is 0 Å². The zero-order valence-corrected chi connectivity index (χ0v) is 10.5. The number of hydrogen-bond donors (Lipinski definition) is 3. The molecule has 1 aliphatic rings. The molecule has 0 spiro atoms. The second kappa shape index (κ2) is 4.44. The molecule has 0 aliphatic heterocycles. The number of carbonyl (C=O) groups is 2. The molecule has 0 atom stereocenters. The molecule has 18 heavy (non-hydrogen) atoms. The summed E-state index contributed by atoms with van der Waals surface area (Å²) >= 11 is 0. The lowest BCUT2D eigenvalue weighted by molar-refractivity contribution is -0.151. The number of aromatic amines is 1. The first-order valence-electron chi connectivity index (χ1n) is 5.99. The minimum absolute atomic E-state index is 0.170. The Morgan fingerprint density at radius 1 is 1.44 bits per heavy atom. The molecular formula is C12H17N3O3. The Bertz CT molecular complexity index is 469. The average Bonchev–Trinajstić information content (AvgIpc) is 2.54. The number of aromatic nitrogens is 2. The number of H-pyrrole nitrogens is 1. The van der Waals surface area contributed by atoms with Gasteiger partial charge in [0.05, 0.1) is 12.1 Å². The highest BCUT2D eigenvalue weighted by Crippen LogP contribution is 2.32. The lowest BCUT2D eigenvalue weighted by atomic mass is 9.76. The fraction of sp³-hybridized carbons (Fsp3) is 0.583. The molecule has 0 unspecified atom stereocenters. The van der Waals surface area contributed by atoms with Crippen LogP contribution in [0.1, 0.15) is 36.2 Å². The van der Waals surface area contributed by atoms with E-state index in [1.54, 1.807) is 0 Å². The molecule has 0 saturated heterocycles. The molecule has 1 saturated carbocycles. The molecular weight excluding hydrogens is 234 g/mol. The molecule has 98 valence electrons. The highest BCUT2D eigenvalue weighted by Gasteiger charge is 2.45. The van der Waals surface area contributed by atoms with Crippen molar-refractivity contribution in [3.8, 4) is 0 Å². The molecule has 6 nitrogen and oxygen atoms in total. The quantitative estimate of drug-likeness (QED) is 0.733. The van der Waals surface area contributed by atoms with Crippen molar-refractivity contribution < 1.29 is 14.7 Å². The van der Waals surface area contributed by atoms with Crippen molar-refractivity contribution in [3.05, 3.63) is 17.0 Å². The summed E-state index contributed by atoms with van der Waals surface area (Å²) in [5.41, 5.74) is 1.43. The Morgan fingerprint density at radius 2 is 2.11 bits per heavy atom. The number of aliphatic carboxylic acids is 1. The molecule has 3 N–H and O–H groups in total. The predicted molar refractivity (Wildman–Crippen MR) is 64.1 cm³/mol. The van der Waals surface area contributed by atoms with Gasteiger partial charge in [-0.15, -0.1) is 0 Å². The van der Waals surface area contributed by atoms with Crippen LogP contribution in [0.25, 0.3) is 0 Å². The summed E-state index contributed by atoms with van der Waals surface area (Å²) in [6.07, 6.45) is 2.04. The lowest BCUT2D eigenvalue weighted by Gasteiger charge is -2.38. The van der Waals surface area contributed by atoms with Crippen molar-refractivity contribution >= 4 is 11.9 Å². The van der Waals surface area contributed by atoms with E-state index in [9.17, 15) is 9.59 Å². The summed E-state index contributed by atoms with van der Waals surface area (Å²) < 4.78 is 0. The molecule has 6 heteroatoms. The highest BCUT2D eigenvalue weighted by molar-refractivity contribution is 5.88. The number of amides is 1. The van der Waals surface area contributed by atoms with Gasteiger partial charge in [0.25, 0.3) is 0 Å². The van der Waals surface area contributed by atoms with Gasteiger partial charge in [0.1, 0.15) is 5.54 Å². The number of carboxylic acid groups (broad SMARTS) is 1. The smallest absolute Gasteiger partial charge is 0.329 e. The van der Waals surface area contributed by atoms with E-state index in [-0.39, 0.29) is 12.3 Å². The summed E-state index contributed by atoms with van der Waals surface area (Å²) in [7, 11) is 0. The summed E-state index contributed by atoms with van der Waals surface area (Å²) in [5.74, 6) is -1.20. The average molecular weight is 251 g/mol. The SMILES string of the molecule is Cc1n[nH]c(C)c1CC(=O)NC1(C(=O)O)CCC1. The summed E-state index contributed by atoms with van der Waals surface area (Å²) in [5, 5.41) is 18.6. The Hall–Kier alpha value is -1.85. The number of rotatable bonds is 4. The topological polar surface area (TPSA) is 95.1 Å². The number of nitrogens with one attached hydrogen (secondary N) is 2. The van der Waals surface area contributed by atoms with Crippen LogP contribution in [0.5, 0.6) is 0 Å². The van der Waals surface area contributed by atoms with E-state index >= 15 is 0 Å². The number of nitrogens with zero attached hydrogens (tertiary/aromatic N) is 1. The van der Waals surface area contributed by atoms with Crippen molar-refractivity contribution in [2.24, 2.45) is 0 Å². The molecule has 1 aromatic rings. The van der Waals surface area contributed by atoms with E-state index in [2.05, 4.69) is 15.5 Å². The van der Waals surface area contributed by atoms with E-state index < -0.39 is 11.5 Å². The summed E-state index contributed by atoms with van der Waals surface area (Å²) in [6.45, 7) is 3.67. The van der Waals surface area contributed by atoms with Gasteiger partial charge in [-0.1, -0.05) is 0 Å². The maximum atomic E-state index is 11.9. The fourth-order valence-corrected chi connectivity index (χ4v) is 2.23. The van der Waals surface area contributed by atoms with E-state index in [4.69, 9.17) is 5.11 Å². The van der Waals surface area contributed by atoms with E-state index in [1.807, 2.05) is 13.8 Å². The Morgan fingerprint density at radius 3 is 2.50 bits per heavy atom. The van der Waals surface area contributed by atoms with Crippen LogP contribution in [-0.4, -0.2) is 32.7 Å². The van der Waals surface area contributed by atoms with Crippen LogP contribution >= 0.6 is 0 Å². The third kappa shape index (κ3) is 2.10. The van der Waals surface area contributed by atoms with Gasteiger partial charge in [0.2, 0.25) is 5.91 Å². The van der Waals surface area contributed by atoms with Gasteiger partial charge < -0.3 is 10.4 Å². The van der Waals surface area contributed by atoms with Crippen LogP contribution < -0.4 is 5.32 Å². The van der Waals surface area contributed by atoms with Crippen molar-refractivity contribution in [1.29, 1.82) is 0 Å². The minimum atomic E-state index is -1.04. The molecule has 0 aromatic carbocycles. The van der Waals surface area contributed by atoms with Gasteiger partial charge in [0.15, 0.2) is 0 Å². The van der Waals surface area contributed by atoms with Gasteiger partial charge in [-0.25, -0.2) is 4.79 Å². The number of carbonyl (C=O) groups excluding carboxylic acids is 1. The van der Waals surface area contributed by atoms with Crippen LogP contribution in [0, 0.1) is 13.8 Å². The molecule has 0 bridgehead atoms. The van der Waals surface area contributed by atoms with Crippen molar-refractivity contribution in [3.63, 3.8) is 0 Å². The van der Waals surface area contributed by atoms with Crippen LogP contribution in [0.3, 0.4) is 0 Å². The summed E-state index contributed by atoms with van der Waals surface area (Å²) in [6, 6.07) is 0. The second-order valence-electron chi connectivity index (χ2n) is 4.88. The van der Waals surface area contributed by atoms with E-state index in [0.29, 0.717) is 12.8 Å².